The molecule has 1 aromatic rings. The molecule has 2 unspecified atom stereocenters. The van der Waals surface area contributed by atoms with Crippen LogP contribution >= 0.6 is 11.3 Å². The minimum atomic E-state index is -0.929. The number of carbonyl (C=O) groups is 2. The molecule has 6 heteroatoms. The summed E-state index contributed by atoms with van der Waals surface area (Å²) in [7, 11) is 0. The summed E-state index contributed by atoms with van der Waals surface area (Å²) >= 11 is 1.48. The standard InChI is InChI=1S/C12H16N2O3S/c1-6(2)14-10(15)4-8(12(16)17)11(14)9-5-18-7(3)13-9/h5-6,8,11H,4H2,1-3H3,(H,16,17). The normalized spacial score (nSPS) is 24.0. The molecule has 1 saturated heterocycles. The Labute approximate surface area is 109 Å². The second-order valence-corrected chi connectivity index (χ2v) is 5.84. The highest BCUT2D eigenvalue weighted by Crippen LogP contribution is 2.39. The van der Waals surface area contributed by atoms with Gasteiger partial charge in [-0.3, -0.25) is 9.59 Å². The fourth-order valence-corrected chi connectivity index (χ4v) is 3.09. The molecule has 0 bridgehead atoms. The summed E-state index contributed by atoms with van der Waals surface area (Å²) in [6.07, 6.45) is 0.0642. The summed E-state index contributed by atoms with van der Waals surface area (Å²) in [4.78, 5) is 29.3. The summed E-state index contributed by atoms with van der Waals surface area (Å²) in [5, 5.41) is 12.0. The van der Waals surface area contributed by atoms with Crippen molar-refractivity contribution in [1.82, 2.24) is 9.88 Å². The molecular formula is C12H16N2O3S. The molecular weight excluding hydrogens is 252 g/mol. The van der Waals surface area contributed by atoms with E-state index in [2.05, 4.69) is 4.98 Å². The summed E-state index contributed by atoms with van der Waals surface area (Å²) < 4.78 is 0. The summed E-state index contributed by atoms with van der Waals surface area (Å²) in [5.74, 6) is -1.73. The maximum absolute atomic E-state index is 12.0. The predicted octanol–water partition coefficient (Wildman–Crippen LogP) is 1.83. The van der Waals surface area contributed by atoms with Crippen LogP contribution in [-0.4, -0.2) is 32.9 Å². The molecule has 0 aliphatic carbocycles. The Morgan fingerprint density at radius 1 is 1.61 bits per heavy atom. The van der Waals surface area contributed by atoms with Crippen molar-refractivity contribution < 1.29 is 14.7 Å². The van der Waals surface area contributed by atoms with Gasteiger partial charge in [0.2, 0.25) is 5.91 Å². The zero-order valence-corrected chi connectivity index (χ0v) is 11.4. The molecule has 1 aromatic heterocycles. The molecule has 2 atom stereocenters. The van der Waals surface area contributed by atoms with Crippen molar-refractivity contribution in [2.75, 3.05) is 0 Å². The number of hydrogen-bond acceptors (Lipinski definition) is 4. The molecule has 0 aromatic carbocycles. The van der Waals surface area contributed by atoms with Crippen molar-refractivity contribution in [3.8, 4) is 0 Å². The number of aliphatic carboxylic acids is 1. The largest absolute Gasteiger partial charge is 0.481 e. The van der Waals surface area contributed by atoms with Crippen LogP contribution in [0.2, 0.25) is 0 Å². The number of amides is 1. The van der Waals surface area contributed by atoms with Crippen molar-refractivity contribution in [2.45, 2.75) is 39.3 Å². The van der Waals surface area contributed by atoms with E-state index in [0.29, 0.717) is 5.69 Å². The highest BCUT2D eigenvalue weighted by Gasteiger charge is 2.46. The fraction of sp³-hybridized carbons (Fsp3) is 0.583. The van der Waals surface area contributed by atoms with Crippen LogP contribution in [0.15, 0.2) is 5.38 Å². The lowest BCUT2D eigenvalue weighted by Gasteiger charge is -2.29. The Kier molecular flexibility index (Phi) is 3.38. The average Bonchev–Trinajstić information content (AvgIpc) is 2.81. The Hall–Kier alpha value is -1.43. The number of carbonyl (C=O) groups excluding carboxylic acids is 1. The maximum Gasteiger partial charge on any atom is 0.309 e. The summed E-state index contributed by atoms with van der Waals surface area (Å²) in [6.45, 7) is 5.67. The highest BCUT2D eigenvalue weighted by molar-refractivity contribution is 7.09. The number of rotatable bonds is 3. The van der Waals surface area contributed by atoms with Gasteiger partial charge in [-0.25, -0.2) is 4.98 Å². The van der Waals surface area contributed by atoms with Gasteiger partial charge in [0.15, 0.2) is 0 Å². The Morgan fingerprint density at radius 3 is 2.72 bits per heavy atom. The quantitative estimate of drug-likeness (QED) is 0.908. The minimum Gasteiger partial charge on any atom is -0.481 e. The third-order valence-electron chi connectivity index (χ3n) is 3.18. The first-order chi connectivity index (χ1) is 8.41. The van der Waals surface area contributed by atoms with Crippen LogP contribution in [0, 0.1) is 12.8 Å². The first-order valence-electron chi connectivity index (χ1n) is 5.87. The minimum absolute atomic E-state index is 0.0196. The first-order valence-corrected chi connectivity index (χ1v) is 6.75. The van der Waals surface area contributed by atoms with E-state index in [-0.39, 0.29) is 18.4 Å². The van der Waals surface area contributed by atoms with E-state index in [9.17, 15) is 14.7 Å². The Bertz CT molecular complexity index is 483. The van der Waals surface area contributed by atoms with Gasteiger partial charge in [0.25, 0.3) is 0 Å². The molecule has 98 valence electrons. The fourth-order valence-electron chi connectivity index (χ4n) is 2.45. The van der Waals surface area contributed by atoms with Gasteiger partial charge in [-0.1, -0.05) is 0 Å². The van der Waals surface area contributed by atoms with E-state index in [4.69, 9.17) is 0 Å². The number of aryl methyl sites for hydroxylation is 1. The second-order valence-electron chi connectivity index (χ2n) is 4.78. The van der Waals surface area contributed by atoms with Crippen LogP contribution in [-0.2, 0) is 9.59 Å². The molecule has 0 radical (unpaired) electrons. The van der Waals surface area contributed by atoms with Crippen molar-refractivity contribution in [1.29, 1.82) is 0 Å². The van der Waals surface area contributed by atoms with E-state index in [1.165, 1.54) is 11.3 Å². The molecule has 5 nitrogen and oxygen atoms in total. The lowest BCUT2D eigenvalue weighted by molar-refractivity contribution is -0.142. The van der Waals surface area contributed by atoms with Gasteiger partial charge in [0, 0.05) is 17.8 Å². The number of likely N-dealkylation sites (tertiary alicyclic amines) is 1. The molecule has 1 fully saturated rings. The molecule has 0 spiro atoms. The van der Waals surface area contributed by atoms with Crippen LogP contribution < -0.4 is 0 Å². The first kappa shape index (κ1) is 13.0. The third kappa shape index (κ3) is 2.12. The van der Waals surface area contributed by atoms with E-state index in [1.54, 1.807) is 4.90 Å². The van der Waals surface area contributed by atoms with Crippen molar-refractivity contribution in [2.24, 2.45) is 5.92 Å². The van der Waals surface area contributed by atoms with E-state index in [0.717, 1.165) is 5.01 Å². The molecule has 1 aliphatic heterocycles. The molecule has 1 amide bonds. The average molecular weight is 268 g/mol. The van der Waals surface area contributed by atoms with Crippen LogP contribution in [0.4, 0.5) is 0 Å². The van der Waals surface area contributed by atoms with Gasteiger partial charge in [-0.05, 0) is 20.8 Å². The molecule has 2 rings (SSSR count). The van der Waals surface area contributed by atoms with E-state index in [1.807, 2.05) is 26.2 Å². The van der Waals surface area contributed by atoms with Crippen LogP contribution in [0.5, 0.6) is 0 Å². The van der Waals surface area contributed by atoms with Crippen molar-refractivity contribution in [3.05, 3.63) is 16.1 Å². The van der Waals surface area contributed by atoms with Crippen LogP contribution in [0.1, 0.15) is 37.0 Å². The smallest absolute Gasteiger partial charge is 0.309 e. The predicted molar refractivity (Wildman–Crippen MR) is 67.3 cm³/mol. The monoisotopic (exact) mass is 268 g/mol. The van der Waals surface area contributed by atoms with Crippen LogP contribution in [0.3, 0.4) is 0 Å². The van der Waals surface area contributed by atoms with Gasteiger partial charge < -0.3 is 10.0 Å². The molecule has 1 N–H and O–H groups in total. The number of aromatic nitrogens is 1. The van der Waals surface area contributed by atoms with E-state index < -0.39 is 17.9 Å². The summed E-state index contributed by atoms with van der Waals surface area (Å²) in [5.41, 5.74) is 0.699. The lowest BCUT2D eigenvalue weighted by atomic mass is 9.98. The van der Waals surface area contributed by atoms with Crippen LogP contribution in [0.25, 0.3) is 0 Å². The van der Waals surface area contributed by atoms with E-state index >= 15 is 0 Å². The van der Waals surface area contributed by atoms with Gasteiger partial charge >= 0.3 is 5.97 Å². The van der Waals surface area contributed by atoms with Gasteiger partial charge in [0.1, 0.15) is 0 Å². The molecule has 0 saturated carbocycles. The van der Waals surface area contributed by atoms with Crippen molar-refractivity contribution in [3.63, 3.8) is 0 Å². The Balaban J connectivity index is 2.42. The Morgan fingerprint density at radius 2 is 2.28 bits per heavy atom. The SMILES string of the molecule is Cc1nc(C2C(C(=O)O)CC(=O)N2C(C)C)cs1. The number of thiazole rings is 1. The number of carboxylic acids is 1. The zero-order chi connectivity index (χ0) is 13.4. The van der Waals surface area contributed by atoms with Crippen molar-refractivity contribution >= 4 is 23.2 Å². The second kappa shape index (κ2) is 4.68. The van der Waals surface area contributed by atoms with Gasteiger partial charge in [-0.2, -0.15) is 0 Å². The topological polar surface area (TPSA) is 70.5 Å². The van der Waals surface area contributed by atoms with Gasteiger partial charge in [0.05, 0.1) is 22.7 Å². The highest BCUT2D eigenvalue weighted by atomic mass is 32.1. The third-order valence-corrected chi connectivity index (χ3v) is 3.97. The van der Waals surface area contributed by atoms with Gasteiger partial charge in [-0.15, -0.1) is 11.3 Å². The molecule has 1 aliphatic rings. The number of carboxylic acid groups (broad SMARTS) is 1. The lowest BCUT2D eigenvalue weighted by Crippen LogP contribution is -2.36. The molecule has 18 heavy (non-hydrogen) atoms. The maximum atomic E-state index is 12.0. The number of nitrogens with zero attached hydrogens (tertiary/aromatic N) is 2. The molecule has 2 heterocycles. The zero-order valence-electron chi connectivity index (χ0n) is 10.6. The summed E-state index contributed by atoms with van der Waals surface area (Å²) in [6, 6.07) is -0.450. The number of hydrogen-bond donors (Lipinski definition) is 1.